The van der Waals surface area contributed by atoms with Crippen molar-refractivity contribution in [2.45, 2.75) is 51.6 Å². The molecule has 0 saturated carbocycles. The molecule has 0 radical (unpaired) electrons. The Kier molecular flexibility index (Phi) is 11.5. The van der Waals surface area contributed by atoms with Crippen molar-refractivity contribution in [2.24, 2.45) is 0 Å². The minimum absolute atomic E-state index is 0.0305. The molecule has 0 aromatic heterocycles. The highest BCUT2D eigenvalue weighted by molar-refractivity contribution is 7.92. The topological polar surface area (TPSA) is 96.0 Å². The fourth-order valence-corrected chi connectivity index (χ4v) is 5.94. The summed E-state index contributed by atoms with van der Waals surface area (Å²) in [6.07, 6.45) is 0.718. The molecule has 3 aromatic carbocycles. The Labute approximate surface area is 252 Å². The fourth-order valence-electron chi connectivity index (χ4n) is 4.05. The van der Waals surface area contributed by atoms with E-state index >= 15 is 0 Å². The molecule has 3 rings (SSSR count). The second kappa shape index (κ2) is 14.6. The summed E-state index contributed by atoms with van der Waals surface area (Å²) in [5, 5.41) is 3.56. The molecular formula is C30H35Cl2N3O5S. The Bertz CT molecular complexity index is 1450. The van der Waals surface area contributed by atoms with Gasteiger partial charge >= 0.3 is 0 Å². The first-order valence-corrected chi connectivity index (χ1v) is 15.5. The van der Waals surface area contributed by atoms with E-state index in [1.807, 2.05) is 20.8 Å². The monoisotopic (exact) mass is 619 g/mol. The highest BCUT2D eigenvalue weighted by Crippen LogP contribution is 2.28. The lowest BCUT2D eigenvalue weighted by Gasteiger charge is -2.32. The van der Waals surface area contributed by atoms with Crippen molar-refractivity contribution >= 4 is 50.7 Å². The van der Waals surface area contributed by atoms with Gasteiger partial charge in [0.05, 0.1) is 17.2 Å². The molecule has 220 valence electrons. The summed E-state index contributed by atoms with van der Waals surface area (Å²) in [5.74, 6) is -0.380. The molecule has 0 spiro atoms. The molecule has 2 amide bonds. The normalized spacial score (nSPS) is 12.0. The third-order valence-corrected chi connectivity index (χ3v) is 8.77. The third-order valence-electron chi connectivity index (χ3n) is 6.40. The molecule has 0 aliphatic heterocycles. The maximum atomic E-state index is 14.0. The van der Waals surface area contributed by atoms with Crippen molar-refractivity contribution in [3.63, 3.8) is 0 Å². The number of ether oxygens (including phenoxy) is 1. The van der Waals surface area contributed by atoms with Crippen molar-refractivity contribution in [1.82, 2.24) is 10.2 Å². The number of rotatable bonds is 13. The van der Waals surface area contributed by atoms with Crippen LogP contribution in [0.5, 0.6) is 5.75 Å². The van der Waals surface area contributed by atoms with Crippen LogP contribution in [0.1, 0.15) is 38.3 Å². The van der Waals surface area contributed by atoms with Crippen LogP contribution in [0, 0.1) is 6.92 Å². The molecule has 1 N–H and O–H groups in total. The van der Waals surface area contributed by atoms with Gasteiger partial charge in [0.25, 0.3) is 10.0 Å². The molecule has 0 aliphatic carbocycles. The number of halogens is 2. The van der Waals surface area contributed by atoms with Crippen LogP contribution in [0.15, 0.2) is 71.6 Å². The van der Waals surface area contributed by atoms with Crippen LogP contribution in [0.4, 0.5) is 5.69 Å². The average molecular weight is 621 g/mol. The molecule has 0 fully saturated rings. The fraction of sp³-hybridized carbons (Fsp3) is 0.333. The van der Waals surface area contributed by atoms with Crippen molar-refractivity contribution < 1.29 is 22.7 Å². The largest absolute Gasteiger partial charge is 0.494 e. The summed E-state index contributed by atoms with van der Waals surface area (Å²) in [6, 6.07) is 16.8. The average Bonchev–Trinajstić information content (AvgIpc) is 2.94. The minimum atomic E-state index is -4.17. The van der Waals surface area contributed by atoms with Gasteiger partial charge in [-0.2, -0.15) is 0 Å². The van der Waals surface area contributed by atoms with Crippen LogP contribution >= 0.6 is 23.2 Å². The zero-order chi connectivity index (χ0) is 30.2. The molecule has 3 aromatic rings. The quantitative estimate of drug-likeness (QED) is 0.259. The number of carbonyl (C=O) groups is 2. The van der Waals surface area contributed by atoms with Crippen LogP contribution in [-0.2, 0) is 26.2 Å². The summed E-state index contributed by atoms with van der Waals surface area (Å²) in [6.45, 7) is 7.53. The first kappa shape index (κ1) is 32.2. The van der Waals surface area contributed by atoms with Crippen molar-refractivity contribution in [2.75, 3.05) is 24.0 Å². The van der Waals surface area contributed by atoms with Gasteiger partial charge in [-0.25, -0.2) is 8.42 Å². The van der Waals surface area contributed by atoms with E-state index in [-0.39, 0.29) is 23.0 Å². The number of benzene rings is 3. The number of nitrogens with zero attached hydrogens (tertiary/aromatic N) is 2. The van der Waals surface area contributed by atoms with Crippen molar-refractivity contribution in [3.05, 3.63) is 87.9 Å². The predicted octanol–water partition coefficient (Wildman–Crippen LogP) is 5.84. The number of sulfonamides is 1. The van der Waals surface area contributed by atoms with Gasteiger partial charge in [-0.3, -0.25) is 13.9 Å². The molecule has 0 heterocycles. The predicted molar refractivity (Wildman–Crippen MR) is 163 cm³/mol. The summed E-state index contributed by atoms with van der Waals surface area (Å²) in [4.78, 5) is 28.3. The third kappa shape index (κ3) is 8.38. The Morgan fingerprint density at radius 3 is 2.22 bits per heavy atom. The van der Waals surface area contributed by atoms with Crippen molar-refractivity contribution in [1.29, 1.82) is 0 Å². The highest BCUT2D eigenvalue weighted by Gasteiger charge is 2.32. The summed E-state index contributed by atoms with van der Waals surface area (Å²) >= 11 is 12.5. The van der Waals surface area contributed by atoms with Gasteiger partial charge in [0, 0.05) is 23.1 Å². The highest BCUT2D eigenvalue weighted by atomic mass is 35.5. The van der Waals surface area contributed by atoms with E-state index in [0.29, 0.717) is 34.5 Å². The summed E-state index contributed by atoms with van der Waals surface area (Å²) < 4.78 is 34.4. The van der Waals surface area contributed by atoms with E-state index in [1.54, 1.807) is 61.5 Å². The van der Waals surface area contributed by atoms with Gasteiger partial charge in [0.15, 0.2) is 0 Å². The summed E-state index contributed by atoms with van der Waals surface area (Å²) in [5.41, 5.74) is 1.73. The Balaban J connectivity index is 2.04. The van der Waals surface area contributed by atoms with E-state index in [0.717, 1.165) is 16.3 Å². The van der Waals surface area contributed by atoms with E-state index in [4.69, 9.17) is 27.9 Å². The zero-order valence-corrected chi connectivity index (χ0v) is 25.9. The molecule has 11 heteroatoms. The Morgan fingerprint density at radius 2 is 1.63 bits per heavy atom. The molecule has 1 unspecified atom stereocenters. The van der Waals surface area contributed by atoms with Crippen molar-refractivity contribution in [3.8, 4) is 5.75 Å². The molecule has 1 atom stereocenters. The SMILES string of the molecule is CCCNC(=O)C(C)N(Cc1ccc(Cl)cc1Cl)C(=O)CN(c1ccc(OCC)cc1)S(=O)(=O)c1ccc(C)cc1. The van der Waals surface area contributed by atoms with Gasteiger partial charge < -0.3 is 15.0 Å². The van der Waals surface area contributed by atoms with Crippen LogP contribution in [-0.4, -0.2) is 50.9 Å². The number of aryl methyl sites for hydroxylation is 1. The molecule has 41 heavy (non-hydrogen) atoms. The van der Waals surface area contributed by atoms with Gasteiger partial charge in [0.2, 0.25) is 11.8 Å². The van der Waals surface area contributed by atoms with Crippen LogP contribution in [0.25, 0.3) is 0 Å². The molecule has 0 bridgehead atoms. The van der Waals surface area contributed by atoms with Crippen LogP contribution < -0.4 is 14.4 Å². The maximum Gasteiger partial charge on any atom is 0.264 e. The summed E-state index contributed by atoms with van der Waals surface area (Å²) in [7, 11) is -4.17. The number of amides is 2. The zero-order valence-electron chi connectivity index (χ0n) is 23.6. The van der Waals surface area contributed by atoms with Gasteiger partial charge in [-0.15, -0.1) is 0 Å². The number of hydrogen-bond acceptors (Lipinski definition) is 5. The first-order valence-electron chi connectivity index (χ1n) is 13.3. The Hall–Kier alpha value is -3.27. The van der Waals surface area contributed by atoms with Crippen LogP contribution in [0.3, 0.4) is 0 Å². The lowest BCUT2D eigenvalue weighted by Crippen LogP contribution is -2.51. The van der Waals surface area contributed by atoms with E-state index < -0.39 is 28.5 Å². The lowest BCUT2D eigenvalue weighted by molar-refractivity contribution is -0.139. The molecular weight excluding hydrogens is 585 g/mol. The maximum absolute atomic E-state index is 14.0. The Morgan fingerprint density at radius 1 is 0.976 bits per heavy atom. The minimum Gasteiger partial charge on any atom is -0.494 e. The smallest absolute Gasteiger partial charge is 0.264 e. The number of hydrogen-bond donors (Lipinski definition) is 1. The standard InChI is InChI=1S/C30H35Cl2N3O5S/c1-5-17-33-30(37)22(4)34(19-23-9-10-24(31)18-28(23)32)29(36)20-35(25-11-13-26(14-12-25)40-6-2)41(38,39)27-15-7-21(3)8-16-27/h7-16,18,22H,5-6,17,19-20H2,1-4H3,(H,33,37). The number of carbonyl (C=O) groups excluding carboxylic acids is 2. The van der Waals surface area contributed by atoms with Gasteiger partial charge in [-0.05, 0) is 81.3 Å². The van der Waals surface area contributed by atoms with Gasteiger partial charge in [-0.1, -0.05) is 53.9 Å². The van der Waals surface area contributed by atoms with E-state index in [9.17, 15) is 18.0 Å². The second-order valence-electron chi connectivity index (χ2n) is 9.48. The number of anilines is 1. The van der Waals surface area contributed by atoms with Gasteiger partial charge in [0.1, 0.15) is 18.3 Å². The van der Waals surface area contributed by atoms with Crippen LogP contribution in [0.2, 0.25) is 10.0 Å². The van der Waals surface area contributed by atoms with E-state index in [1.165, 1.54) is 17.0 Å². The first-order chi connectivity index (χ1) is 19.5. The molecule has 0 aliphatic rings. The molecule has 0 saturated heterocycles. The lowest BCUT2D eigenvalue weighted by atomic mass is 10.1. The molecule has 8 nitrogen and oxygen atoms in total. The number of nitrogens with one attached hydrogen (secondary N) is 1. The second-order valence-corrected chi connectivity index (χ2v) is 12.2. The van der Waals surface area contributed by atoms with E-state index in [2.05, 4.69) is 5.32 Å².